The molecular weight excluding hydrogens is 168 g/mol. The van der Waals surface area contributed by atoms with Crippen LogP contribution in [0.5, 0.6) is 0 Å². The second-order valence-corrected chi connectivity index (χ2v) is 2.71. The molecule has 4 heteroatoms. The molecule has 0 amide bonds. The number of rotatable bonds is 7. The lowest BCUT2D eigenvalue weighted by Crippen LogP contribution is -2.15. The highest BCUT2D eigenvalue weighted by Crippen LogP contribution is 1.94. The highest BCUT2D eigenvalue weighted by atomic mass is 16.5. The van der Waals surface area contributed by atoms with E-state index in [1.807, 2.05) is 13.0 Å². The first-order valence-corrected chi connectivity index (χ1v) is 4.61. The average molecular weight is 184 g/mol. The van der Waals surface area contributed by atoms with Gasteiger partial charge in [-0.1, -0.05) is 5.16 Å². The number of hydrogen-bond acceptors (Lipinski definition) is 4. The molecule has 0 aliphatic heterocycles. The number of aromatic nitrogens is 1. The van der Waals surface area contributed by atoms with Crippen LogP contribution in [0.3, 0.4) is 0 Å². The van der Waals surface area contributed by atoms with Crippen molar-refractivity contribution in [3.05, 3.63) is 18.0 Å². The molecule has 0 atom stereocenters. The summed E-state index contributed by atoms with van der Waals surface area (Å²) in [6.45, 7) is 5.30. The van der Waals surface area contributed by atoms with E-state index >= 15 is 0 Å². The lowest BCUT2D eigenvalue weighted by Gasteiger charge is -2.01. The summed E-state index contributed by atoms with van der Waals surface area (Å²) in [5.41, 5.74) is 0. The Hall–Kier alpha value is -0.870. The minimum absolute atomic E-state index is 0.742. The summed E-state index contributed by atoms with van der Waals surface area (Å²) in [6, 6.07) is 1.86. The van der Waals surface area contributed by atoms with Crippen molar-refractivity contribution in [2.75, 3.05) is 19.8 Å². The van der Waals surface area contributed by atoms with E-state index in [0.717, 1.165) is 38.5 Å². The Balaban J connectivity index is 1.90. The topological polar surface area (TPSA) is 47.3 Å². The van der Waals surface area contributed by atoms with Crippen LogP contribution in [0.15, 0.2) is 16.8 Å². The zero-order chi connectivity index (χ0) is 9.36. The zero-order valence-corrected chi connectivity index (χ0v) is 7.95. The normalized spacial score (nSPS) is 10.5. The van der Waals surface area contributed by atoms with Crippen LogP contribution < -0.4 is 5.32 Å². The van der Waals surface area contributed by atoms with Crippen molar-refractivity contribution in [1.29, 1.82) is 0 Å². The van der Waals surface area contributed by atoms with Gasteiger partial charge in [0.05, 0.1) is 12.7 Å². The molecule has 0 bridgehead atoms. The first-order chi connectivity index (χ1) is 6.43. The van der Waals surface area contributed by atoms with Crippen LogP contribution in [0, 0.1) is 0 Å². The predicted molar refractivity (Wildman–Crippen MR) is 49.3 cm³/mol. The van der Waals surface area contributed by atoms with Crippen LogP contribution in [0.1, 0.15) is 19.1 Å². The monoisotopic (exact) mass is 184 g/mol. The molecule has 1 heterocycles. The second-order valence-electron chi connectivity index (χ2n) is 2.71. The number of hydrogen-bond donors (Lipinski definition) is 1. The van der Waals surface area contributed by atoms with Crippen molar-refractivity contribution in [2.45, 2.75) is 19.9 Å². The highest BCUT2D eigenvalue weighted by molar-refractivity contribution is 4.91. The van der Waals surface area contributed by atoms with E-state index in [2.05, 4.69) is 10.5 Å². The third-order valence-corrected chi connectivity index (χ3v) is 1.64. The second kappa shape index (κ2) is 6.62. The summed E-state index contributed by atoms with van der Waals surface area (Å²) in [5.74, 6) is 0.872. The quantitative estimate of drug-likeness (QED) is 0.647. The fourth-order valence-electron chi connectivity index (χ4n) is 0.988. The van der Waals surface area contributed by atoms with Crippen LogP contribution in [0.4, 0.5) is 0 Å². The molecule has 0 saturated heterocycles. The van der Waals surface area contributed by atoms with Crippen molar-refractivity contribution in [2.24, 2.45) is 0 Å². The van der Waals surface area contributed by atoms with Gasteiger partial charge in [-0.25, -0.2) is 0 Å². The molecule has 1 aromatic rings. The minimum atomic E-state index is 0.742. The van der Waals surface area contributed by atoms with Gasteiger partial charge in [-0.2, -0.15) is 0 Å². The Kier molecular flexibility index (Phi) is 5.20. The maximum atomic E-state index is 5.19. The predicted octanol–water partition coefficient (Wildman–Crippen LogP) is 1.19. The Morgan fingerprint density at radius 2 is 2.54 bits per heavy atom. The van der Waals surface area contributed by atoms with E-state index in [-0.39, 0.29) is 0 Å². The SMILES string of the molecule is CCOCCCNCc1ccno1. The van der Waals surface area contributed by atoms with Crippen molar-refractivity contribution in [1.82, 2.24) is 10.5 Å². The van der Waals surface area contributed by atoms with Crippen molar-refractivity contribution >= 4 is 0 Å². The number of nitrogens with one attached hydrogen (secondary N) is 1. The van der Waals surface area contributed by atoms with Crippen molar-refractivity contribution < 1.29 is 9.26 Å². The Morgan fingerprint density at radius 3 is 3.23 bits per heavy atom. The van der Waals surface area contributed by atoms with Crippen LogP contribution in [0.25, 0.3) is 0 Å². The highest BCUT2D eigenvalue weighted by Gasteiger charge is 1.94. The molecule has 0 unspecified atom stereocenters. The molecule has 0 fully saturated rings. The van der Waals surface area contributed by atoms with Gasteiger partial charge < -0.3 is 14.6 Å². The smallest absolute Gasteiger partial charge is 0.150 e. The van der Waals surface area contributed by atoms with Crippen molar-refractivity contribution in [3.8, 4) is 0 Å². The molecule has 0 aliphatic rings. The van der Waals surface area contributed by atoms with Gasteiger partial charge in [-0.05, 0) is 19.9 Å². The maximum Gasteiger partial charge on any atom is 0.150 e. The summed E-state index contributed by atoms with van der Waals surface area (Å²) in [6.07, 6.45) is 2.68. The molecule has 0 spiro atoms. The molecule has 0 aliphatic carbocycles. The fourth-order valence-corrected chi connectivity index (χ4v) is 0.988. The largest absolute Gasteiger partial charge is 0.382 e. The molecule has 4 nitrogen and oxygen atoms in total. The third kappa shape index (κ3) is 4.65. The fraction of sp³-hybridized carbons (Fsp3) is 0.667. The van der Waals surface area contributed by atoms with Gasteiger partial charge in [0, 0.05) is 19.3 Å². The van der Waals surface area contributed by atoms with E-state index in [1.165, 1.54) is 0 Å². The van der Waals surface area contributed by atoms with Gasteiger partial charge >= 0.3 is 0 Å². The summed E-state index contributed by atoms with van der Waals surface area (Å²) in [5, 5.41) is 6.84. The van der Waals surface area contributed by atoms with Gasteiger partial charge in [0.25, 0.3) is 0 Å². The van der Waals surface area contributed by atoms with Gasteiger partial charge in [0.1, 0.15) is 5.76 Å². The molecular formula is C9H16N2O2. The molecule has 13 heavy (non-hydrogen) atoms. The first kappa shape index (κ1) is 10.2. The maximum absolute atomic E-state index is 5.19. The van der Waals surface area contributed by atoms with E-state index in [4.69, 9.17) is 9.26 Å². The minimum Gasteiger partial charge on any atom is -0.382 e. The zero-order valence-electron chi connectivity index (χ0n) is 7.95. The van der Waals surface area contributed by atoms with E-state index in [9.17, 15) is 0 Å². The van der Waals surface area contributed by atoms with Crippen LogP contribution in [-0.2, 0) is 11.3 Å². The number of nitrogens with zero attached hydrogens (tertiary/aromatic N) is 1. The lowest BCUT2D eigenvalue weighted by atomic mass is 10.4. The van der Waals surface area contributed by atoms with E-state index in [1.54, 1.807) is 6.20 Å². The van der Waals surface area contributed by atoms with Gasteiger partial charge in [0.15, 0.2) is 0 Å². The summed E-state index contributed by atoms with van der Waals surface area (Å²) >= 11 is 0. The molecule has 0 aromatic carbocycles. The van der Waals surface area contributed by atoms with E-state index in [0.29, 0.717) is 0 Å². The molecule has 1 N–H and O–H groups in total. The summed E-state index contributed by atoms with van der Waals surface area (Å²) in [7, 11) is 0. The summed E-state index contributed by atoms with van der Waals surface area (Å²) < 4.78 is 10.1. The van der Waals surface area contributed by atoms with Gasteiger partial charge in [0.2, 0.25) is 0 Å². The van der Waals surface area contributed by atoms with E-state index < -0.39 is 0 Å². The standard InChI is InChI=1S/C9H16N2O2/c1-2-12-7-3-5-10-8-9-4-6-11-13-9/h4,6,10H,2-3,5,7-8H2,1H3. The lowest BCUT2D eigenvalue weighted by molar-refractivity contribution is 0.144. The van der Waals surface area contributed by atoms with Crippen LogP contribution in [-0.4, -0.2) is 24.9 Å². The number of ether oxygens (including phenoxy) is 1. The van der Waals surface area contributed by atoms with Crippen molar-refractivity contribution in [3.63, 3.8) is 0 Å². The third-order valence-electron chi connectivity index (χ3n) is 1.64. The molecule has 74 valence electrons. The van der Waals surface area contributed by atoms with Gasteiger partial charge in [-0.15, -0.1) is 0 Å². The Labute approximate surface area is 78.2 Å². The molecule has 0 radical (unpaired) electrons. The summed E-state index contributed by atoms with van der Waals surface area (Å²) in [4.78, 5) is 0. The molecule has 0 saturated carbocycles. The van der Waals surface area contributed by atoms with Gasteiger partial charge in [-0.3, -0.25) is 0 Å². The molecule has 1 rings (SSSR count). The Bertz CT molecular complexity index is 199. The first-order valence-electron chi connectivity index (χ1n) is 4.61. The average Bonchev–Trinajstić information content (AvgIpc) is 2.63. The van der Waals surface area contributed by atoms with Crippen LogP contribution >= 0.6 is 0 Å². The van der Waals surface area contributed by atoms with Crippen LogP contribution in [0.2, 0.25) is 0 Å². The Morgan fingerprint density at radius 1 is 1.62 bits per heavy atom. The molecule has 1 aromatic heterocycles.